The van der Waals surface area contributed by atoms with E-state index in [4.69, 9.17) is 16.3 Å². The smallest absolute Gasteiger partial charge is 0.319 e. The average Bonchev–Trinajstić information content (AvgIpc) is 3.16. The number of rotatable bonds is 7. The molecule has 1 unspecified atom stereocenters. The van der Waals surface area contributed by atoms with Gasteiger partial charge in [-0.25, -0.2) is 9.18 Å². The number of nitrogens with one attached hydrogen (secondary N) is 1. The van der Waals surface area contributed by atoms with E-state index in [2.05, 4.69) is 10.3 Å². The fraction of sp³-hybridized carbons (Fsp3) is 0.367. The van der Waals surface area contributed by atoms with Crippen LogP contribution >= 0.6 is 11.6 Å². The molecule has 0 aliphatic carbocycles. The number of methoxy groups -OCH3 is 1. The third-order valence-electron chi connectivity index (χ3n) is 8.16. The summed E-state index contributed by atoms with van der Waals surface area (Å²) in [4.78, 5) is 35.4. The number of hydrogen-bond donors (Lipinski definition) is 2. The second kappa shape index (κ2) is 10.6. The van der Waals surface area contributed by atoms with E-state index >= 15 is 4.39 Å². The molecule has 9 nitrogen and oxygen atoms in total. The van der Waals surface area contributed by atoms with Gasteiger partial charge in [0.1, 0.15) is 5.82 Å². The Bertz CT molecular complexity index is 1480. The van der Waals surface area contributed by atoms with Crippen LogP contribution in [0, 0.1) is 11.7 Å². The zero-order valence-electron chi connectivity index (χ0n) is 23.6. The van der Waals surface area contributed by atoms with Gasteiger partial charge in [0.2, 0.25) is 0 Å². The number of carbonyl (C=O) groups is 2. The van der Waals surface area contributed by atoms with Crippen LogP contribution in [-0.4, -0.2) is 78.1 Å². The monoisotopic (exact) mass is 581 g/mol. The highest BCUT2D eigenvalue weighted by molar-refractivity contribution is 6.30. The van der Waals surface area contributed by atoms with Gasteiger partial charge < -0.3 is 25.0 Å². The molecule has 2 aliphatic heterocycles. The molecule has 2 N–H and O–H groups in total. The number of aromatic nitrogens is 1. The highest BCUT2D eigenvalue weighted by atomic mass is 35.5. The molecule has 3 aromatic rings. The van der Waals surface area contributed by atoms with Gasteiger partial charge in [-0.2, -0.15) is 0 Å². The van der Waals surface area contributed by atoms with Gasteiger partial charge in [-0.15, -0.1) is 0 Å². The van der Waals surface area contributed by atoms with Crippen LogP contribution in [0.5, 0.6) is 0 Å². The van der Waals surface area contributed by atoms with E-state index in [9.17, 15) is 14.7 Å². The van der Waals surface area contributed by atoms with Crippen LogP contribution in [0.1, 0.15) is 39.7 Å². The first-order chi connectivity index (χ1) is 19.4. The molecule has 0 radical (unpaired) electrons. The lowest BCUT2D eigenvalue weighted by molar-refractivity contribution is -0.0887. The molecule has 1 fully saturated rings. The van der Waals surface area contributed by atoms with E-state index in [1.165, 1.54) is 23.0 Å². The molecule has 41 heavy (non-hydrogen) atoms. The van der Waals surface area contributed by atoms with Gasteiger partial charge >= 0.3 is 6.03 Å². The molecule has 0 saturated carbocycles. The van der Waals surface area contributed by atoms with Crippen LogP contribution in [0.15, 0.2) is 54.7 Å². The Morgan fingerprint density at radius 1 is 1.24 bits per heavy atom. The second-order valence-electron chi connectivity index (χ2n) is 10.8. The SMILES string of the molecule is CNc1ccc(CN2C(=O)c3cc(C(C)(O)C4CN(C(=O)N(C)C)C4)cc(F)c3[C@]2(OC)c2ccc(Cl)cc2)nc1. The number of benzene rings is 2. The van der Waals surface area contributed by atoms with E-state index in [0.717, 1.165) is 5.69 Å². The maximum atomic E-state index is 16.3. The quantitative estimate of drug-likeness (QED) is 0.433. The number of halogens is 2. The van der Waals surface area contributed by atoms with Crippen molar-refractivity contribution >= 4 is 29.2 Å². The number of pyridine rings is 1. The number of nitrogens with zero attached hydrogens (tertiary/aromatic N) is 4. The molecule has 11 heteroatoms. The summed E-state index contributed by atoms with van der Waals surface area (Å²) in [5.74, 6) is -1.50. The number of carbonyl (C=O) groups excluding carboxylic acids is 2. The largest absolute Gasteiger partial charge is 0.387 e. The summed E-state index contributed by atoms with van der Waals surface area (Å²) >= 11 is 6.16. The molecule has 0 spiro atoms. The first kappa shape index (κ1) is 28.8. The van der Waals surface area contributed by atoms with Crippen molar-refractivity contribution in [3.05, 3.63) is 93.5 Å². The van der Waals surface area contributed by atoms with Crippen molar-refractivity contribution in [3.63, 3.8) is 0 Å². The first-order valence-corrected chi connectivity index (χ1v) is 13.6. The van der Waals surface area contributed by atoms with Gasteiger partial charge in [0.15, 0.2) is 5.72 Å². The number of ether oxygens (including phenoxy) is 1. The topological polar surface area (TPSA) is 98.2 Å². The zero-order chi connectivity index (χ0) is 29.7. The molecule has 2 aromatic carbocycles. The normalized spacial score (nSPS) is 20.0. The standard InChI is InChI=1S/C30H33ClFN5O4/c1-29(40,20-15-36(16-20)28(39)35(3)4)19-12-24-26(25(32)13-19)30(41-5,18-6-8-21(31)9-7-18)37(27(24)38)17-23-11-10-22(33-2)14-34-23/h6-14,20,33,40H,15-17H2,1-5H3/t29?,30-/m1/s1. The minimum absolute atomic E-state index is 0.0311. The van der Waals surface area contributed by atoms with Gasteiger partial charge in [0.25, 0.3) is 5.91 Å². The van der Waals surface area contributed by atoms with E-state index in [-0.39, 0.29) is 35.2 Å². The van der Waals surface area contributed by atoms with Crippen molar-refractivity contribution in [1.82, 2.24) is 19.7 Å². The number of aliphatic hydroxyl groups is 1. The van der Waals surface area contributed by atoms with E-state index in [1.807, 2.05) is 6.07 Å². The summed E-state index contributed by atoms with van der Waals surface area (Å²) in [6, 6.07) is 13.0. The van der Waals surface area contributed by atoms with Crippen LogP contribution in [-0.2, 0) is 22.6 Å². The van der Waals surface area contributed by atoms with Crippen molar-refractivity contribution in [2.75, 3.05) is 46.7 Å². The summed E-state index contributed by atoms with van der Waals surface area (Å²) in [6.45, 7) is 2.24. The number of amides is 3. The lowest BCUT2D eigenvalue weighted by Crippen LogP contribution is -2.59. The van der Waals surface area contributed by atoms with E-state index < -0.39 is 23.1 Å². The van der Waals surface area contributed by atoms with Gasteiger partial charge in [-0.3, -0.25) is 14.7 Å². The minimum Gasteiger partial charge on any atom is -0.387 e. The Hall–Kier alpha value is -3.73. The second-order valence-corrected chi connectivity index (χ2v) is 11.3. The molecular weight excluding hydrogens is 549 g/mol. The van der Waals surface area contributed by atoms with Crippen molar-refractivity contribution in [3.8, 4) is 0 Å². The van der Waals surface area contributed by atoms with Crippen LogP contribution in [0.4, 0.5) is 14.9 Å². The van der Waals surface area contributed by atoms with Crippen LogP contribution < -0.4 is 5.32 Å². The molecule has 2 aliphatic rings. The highest BCUT2D eigenvalue weighted by Crippen LogP contribution is 2.49. The number of anilines is 1. The maximum absolute atomic E-state index is 16.3. The Kier molecular flexibility index (Phi) is 7.44. The van der Waals surface area contributed by atoms with Crippen molar-refractivity contribution in [2.24, 2.45) is 5.92 Å². The predicted molar refractivity (Wildman–Crippen MR) is 153 cm³/mol. The Labute approximate surface area is 243 Å². The lowest BCUT2D eigenvalue weighted by atomic mass is 9.77. The molecule has 1 aromatic heterocycles. The summed E-state index contributed by atoms with van der Waals surface area (Å²) < 4.78 is 22.4. The molecule has 2 atom stereocenters. The van der Waals surface area contributed by atoms with Gasteiger partial charge in [0, 0.05) is 57.8 Å². The Morgan fingerprint density at radius 3 is 2.49 bits per heavy atom. The summed E-state index contributed by atoms with van der Waals surface area (Å²) in [5, 5.41) is 15.1. The summed E-state index contributed by atoms with van der Waals surface area (Å²) in [6.07, 6.45) is 1.65. The maximum Gasteiger partial charge on any atom is 0.319 e. The highest BCUT2D eigenvalue weighted by Gasteiger charge is 2.55. The van der Waals surface area contributed by atoms with Crippen molar-refractivity contribution in [1.29, 1.82) is 0 Å². The number of hydrogen-bond acceptors (Lipinski definition) is 6. The van der Waals surface area contributed by atoms with Crippen LogP contribution in [0.2, 0.25) is 5.02 Å². The van der Waals surface area contributed by atoms with Crippen molar-refractivity contribution < 1.29 is 23.8 Å². The average molecular weight is 582 g/mol. The molecule has 216 valence electrons. The molecule has 3 heterocycles. The van der Waals surface area contributed by atoms with Crippen LogP contribution in [0.25, 0.3) is 0 Å². The molecular formula is C30H33ClFN5O4. The Balaban J connectivity index is 1.59. The first-order valence-electron chi connectivity index (χ1n) is 13.2. The molecule has 1 saturated heterocycles. The van der Waals surface area contributed by atoms with Gasteiger partial charge in [-0.1, -0.05) is 23.7 Å². The van der Waals surface area contributed by atoms with Crippen LogP contribution in [0.3, 0.4) is 0 Å². The summed E-state index contributed by atoms with van der Waals surface area (Å²) in [7, 11) is 6.53. The summed E-state index contributed by atoms with van der Waals surface area (Å²) in [5.41, 5.74) is -0.815. The fourth-order valence-corrected chi connectivity index (χ4v) is 5.79. The third kappa shape index (κ3) is 4.69. The zero-order valence-corrected chi connectivity index (χ0v) is 24.4. The number of urea groups is 1. The van der Waals surface area contributed by atoms with Crippen molar-refractivity contribution in [2.45, 2.75) is 24.8 Å². The van der Waals surface area contributed by atoms with Gasteiger partial charge in [0.05, 0.1) is 40.9 Å². The molecule has 3 amide bonds. The van der Waals surface area contributed by atoms with Gasteiger partial charge in [-0.05, 0) is 48.9 Å². The number of fused-ring (bicyclic) bond motifs is 1. The predicted octanol–water partition coefficient (Wildman–Crippen LogP) is 4.24. The lowest BCUT2D eigenvalue weighted by Gasteiger charge is -2.47. The van der Waals surface area contributed by atoms with E-state index in [0.29, 0.717) is 29.4 Å². The fourth-order valence-electron chi connectivity index (χ4n) is 5.66. The third-order valence-corrected chi connectivity index (χ3v) is 8.42. The number of likely N-dealkylation sites (tertiary alicyclic amines) is 1. The molecule has 0 bridgehead atoms. The Morgan fingerprint density at radius 2 is 1.93 bits per heavy atom. The minimum atomic E-state index is -1.61. The van der Waals surface area contributed by atoms with E-state index in [1.54, 1.807) is 75.6 Å². The molecule has 5 rings (SSSR count).